The second-order valence-corrected chi connectivity index (χ2v) is 5.94. The van der Waals surface area contributed by atoms with Gasteiger partial charge in [0.25, 0.3) is 0 Å². The molecule has 3 rings (SSSR count). The van der Waals surface area contributed by atoms with Crippen molar-refractivity contribution in [2.75, 3.05) is 19.7 Å². The van der Waals surface area contributed by atoms with E-state index in [2.05, 4.69) is 5.32 Å². The summed E-state index contributed by atoms with van der Waals surface area (Å²) in [4.78, 5) is 12.2. The standard InChI is InChI=1S/C20H23NO3/c1-2-23-20(22)18-13-21-12-17(18)16-10-6-7-11-19(16)24-14-15-8-4-3-5-9-15/h3-11,17-18,21H,2,12-14H2,1H3/t17-,18+/m0/s1. The number of rotatable bonds is 6. The highest BCUT2D eigenvalue weighted by molar-refractivity contribution is 5.75. The van der Waals surface area contributed by atoms with Gasteiger partial charge in [0.05, 0.1) is 12.5 Å². The molecule has 126 valence electrons. The molecule has 1 fully saturated rings. The van der Waals surface area contributed by atoms with Gasteiger partial charge in [-0.2, -0.15) is 0 Å². The first-order valence-corrected chi connectivity index (χ1v) is 8.42. The Morgan fingerprint density at radius 1 is 1.08 bits per heavy atom. The highest BCUT2D eigenvalue weighted by Gasteiger charge is 2.36. The SMILES string of the molecule is CCOC(=O)[C@@H]1CNC[C@H]1c1ccccc1OCc1ccccc1. The summed E-state index contributed by atoms with van der Waals surface area (Å²) in [5.41, 5.74) is 2.19. The molecule has 1 aliphatic heterocycles. The van der Waals surface area contributed by atoms with Gasteiger partial charge in [0.2, 0.25) is 0 Å². The van der Waals surface area contributed by atoms with Gasteiger partial charge >= 0.3 is 5.97 Å². The van der Waals surface area contributed by atoms with E-state index >= 15 is 0 Å². The molecule has 0 spiro atoms. The van der Waals surface area contributed by atoms with Gasteiger partial charge in [-0.1, -0.05) is 48.5 Å². The van der Waals surface area contributed by atoms with Crippen molar-refractivity contribution in [1.29, 1.82) is 0 Å². The van der Waals surface area contributed by atoms with Crippen LogP contribution in [0.3, 0.4) is 0 Å². The minimum absolute atomic E-state index is 0.0797. The number of hydrogen-bond acceptors (Lipinski definition) is 4. The monoisotopic (exact) mass is 325 g/mol. The average molecular weight is 325 g/mol. The molecule has 24 heavy (non-hydrogen) atoms. The van der Waals surface area contributed by atoms with Crippen LogP contribution in [0.5, 0.6) is 5.75 Å². The number of hydrogen-bond donors (Lipinski definition) is 1. The highest BCUT2D eigenvalue weighted by atomic mass is 16.5. The van der Waals surface area contributed by atoms with Crippen LogP contribution in [0.1, 0.15) is 24.0 Å². The Hall–Kier alpha value is -2.33. The molecule has 0 radical (unpaired) electrons. The summed E-state index contributed by atoms with van der Waals surface area (Å²) in [6.07, 6.45) is 0. The third-order valence-corrected chi connectivity index (χ3v) is 4.36. The molecular formula is C20H23NO3. The fourth-order valence-corrected chi connectivity index (χ4v) is 3.16. The Kier molecular flexibility index (Phi) is 5.49. The van der Waals surface area contributed by atoms with E-state index in [1.165, 1.54) is 0 Å². The fraction of sp³-hybridized carbons (Fsp3) is 0.350. The van der Waals surface area contributed by atoms with Crippen LogP contribution in [0.2, 0.25) is 0 Å². The molecular weight excluding hydrogens is 302 g/mol. The summed E-state index contributed by atoms with van der Waals surface area (Å²) in [6, 6.07) is 18.1. The van der Waals surface area contributed by atoms with Crippen molar-refractivity contribution >= 4 is 5.97 Å². The first-order chi connectivity index (χ1) is 11.8. The van der Waals surface area contributed by atoms with Gasteiger partial charge in [-0.15, -0.1) is 0 Å². The number of nitrogens with one attached hydrogen (secondary N) is 1. The van der Waals surface area contributed by atoms with E-state index in [1.54, 1.807) is 0 Å². The van der Waals surface area contributed by atoms with Crippen LogP contribution >= 0.6 is 0 Å². The van der Waals surface area contributed by atoms with Crippen molar-refractivity contribution in [2.45, 2.75) is 19.4 Å². The summed E-state index contributed by atoms with van der Waals surface area (Å²) in [5, 5.41) is 3.30. The summed E-state index contributed by atoms with van der Waals surface area (Å²) in [5.74, 6) is 0.622. The Bertz CT molecular complexity index is 672. The predicted octanol–water partition coefficient (Wildman–Crippen LogP) is 3.13. The zero-order chi connectivity index (χ0) is 16.8. The molecule has 2 atom stereocenters. The Morgan fingerprint density at radius 3 is 2.62 bits per heavy atom. The molecule has 2 aromatic rings. The van der Waals surface area contributed by atoms with Crippen LogP contribution in [0, 0.1) is 5.92 Å². The molecule has 0 unspecified atom stereocenters. The van der Waals surface area contributed by atoms with E-state index in [0.717, 1.165) is 23.4 Å². The van der Waals surface area contributed by atoms with Gasteiger partial charge in [-0.25, -0.2) is 0 Å². The topological polar surface area (TPSA) is 47.6 Å². The first-order valence-electron chi connectivity index (χ1n) is 8.42. The maximum Gasteiger partial charge on any atom is 0.310 e. The van der Waals surface area contributed by atoms with E-state index in [-0.39, 0.29) is 17.8 Å². The summed E-state index contributed by atoms with van der Waals surface area (Å²) >= 11 is 0. The number of carbonyl (C=O) groups is 1. The van der Waals surface area contributed by atoms with Crippen molar-refractivity contribution < 1.29 is 14.3 Å². The number of ether oxygens (including phenoxy) is 2. The minimum Gasteiger partial charge on any atom is -0.489 e. The Morgan fingerprint density at radius 2 is 1.83 bits per heavy atom. The van der Waals surface area contributed by atoms with Crippen LogP contribution in [0.15, 0.2) is 54.6 Å². The molecule has 1 saturated heterocycles. The molecule has 0 amide bonds. The predicted molar refractivity (Wildman–Crippen MR) is 92.9 cm³/mol. The maximum atomic E-state index is 12.2. The van der Waals surface area contributed by atoms with Gasteiger partial charge in [-0.3, -0.25) is 4.79 Å². The van der Waals surface area contributed by atoms with Crippen molar-refractivity contribution in [3.8, 4) is 5.75 Å². The molecule has 0 bridgehead atoms. The molecule has 4 nitrogen and oxygen atoms in total. The van der Waals surface area contributed by atoms with Crippen LogP contribution in [-0.4, -0.2) is 25.7 Å². The van der Waals surface area contributed by atoms with E-state index in [4.69, 9.17) is 9.47 Å². The maximum absolute atomic E-state index is 12.2. The van der Waals surface area contributed by atoms with Gasteiger partial charge in [0, 0.05) is 19.0 Å². The van der Waals surface area contributed by atoms with Crippen LogP contribution in [0.25, 0.3) is 0 Å². The van der Waals surface area contributed by atoms with Gasteiger partial charge in [-0.05, 0) is 24.1 Å². The zero-order valence-corrected chi connectivity index (χ0v) is 13.9. The lowest BCUT2D eigenvalue weighted by molar-refractivity contribution is -0.147. The number of para-hydroxylation sites is 1. The van der Waals surface area contributed by atoms with Crippen molar-refractivity contribution in [2.24, 2.45) is 5.92 Å². The molecule has 1 N–H and O–H groups in total. The highest BCUT2D eigenvalue weighted by Crippen LogP contribution is 2.35. The van der Waals surface area contributed by atoms with Crippen molar-refractivity contribution in [3.63, 3.8) is 0 Å². The van der Waals surface area contributed by atoms with Crippen LogP contribution < -0.4 is 10.1 Å². The number of esters is 1. The van der Waals surface area contributed by atoms with Gasteiger partial charge < -0.3 is 14.8 Å². The van der Waals surface area contributed by atoms with Crippen molar-refractivity contribution in [3.05, 3.63) is 65.7 Å². The van der Waals surface area contributed by atoms with Crippen LogP contribution in [-0.2, 0) is 16.1 Å². The Labute approximate surface area is 142 Å². The summed E-state index contributed by atoms with van der Waals surface area (Å²) in [7, 11) is 0. The van der Waals surface area contributed by atoms with Crippen LogP contribution in [0.4, 0.5) is 0 Å². The lowest BCUT2D eigenvalue weighted by atomic mass is 9.88. The third-order valence-electron chi connectivity index (χ3n) is 4.36. The van der Waals surface area contributed by atoms with Gasteiger partial charge in [0.15, 0.2) is 0 Å². The molecule has 1 aliphatic rings. The van der Waals surface area contributed by atoms with E-state index in [1.807, 2.05) is 61.5 Å². The smallest absolute Gasteiger partial charge is 0.310 e. The van der Waals surface area contributed by atoms with E-state index in [9.17, 15) is 4.79 Å². The lowest BCUT2D eigenvalue weighted by Crippen LogP contribution is -2.24. The average Bonchev–Trinajstić information content (AvgIpc) is 3.11. The Balaban J connectivity index is 1.77. The lowest BCUT2D eigenvalue weighted by Gasteiger charge is -2.20. The summed E-state index contributed by atoms with van der Waals surface area (Å²) < 4.78 is 11.3. The first kappa shape index (κ1) is 16.5. The molecule has 0 aliphatic carbocycles. The normalized spacial score (nSPS) is 19.9. The quantitative estimate of drug-likeness (QED) is 0.829. The van der Waals surface area contributed by atoms with Gasteiger partial charge in [0.1, 0.15) is 12.4 Å². The fourth-order valence-electron chi connectivity index (χ4n) is 3.16. The number of benzene rings is 2. The van der Waals surface area contributed by atoms with E-state index < -0.39 is 0 Å². The molecule has 0 aromatic heterocycles. The molecule has 1 heterocycles. The van der Waals surface area contributed by atoms with E-state index in [0.29, 0.717) is 19.8 Å². The largest absolute Gasteiger partial charge is 0.489 e. The zero-order valence-electron chi connectivity index (χ0n) is 13.9. The number of carbonyl (C=O) groups excluding carboxylic acids is 1. The minimum atomic E-state index is -0.161. The summed E-state index contributed by atoms with van der Waals surface area (Å²) in [6.45, 7) is 4.17. The van der Waals surface area contributed by atoms with Crippen molar-refractivity contribution in [1.82, 2.24) is 5.32 Å². The second kappa shape index (κ2) is 7.97. The molecule has 0 saturated carbocycles. The third kappa shape index (κ3) is 3.77. The molecule has 2 aromatic carbocycles. The molecule has 4 heteroatoms. The second-order valence-electron chi connectivity index (χ2n) is 5.94.